The summed E-state index contributed by atoms with van der Waals surface area (Å²) in [6.07, 6.45) is 2.79. The quantitative estimate of drug-likeness (QED) is 0.658. The summed E-state index contributed by atoms with van der Waals surface area (Å²) in [5.74, 6) is 0.896. The average molecular weight is 375 g/mol. The van der Waals surface area contributed by atoms with Gasteiger partial charge in [-0.1, -0.05) is 25.4 Å². The Balaban J connectivity index is 2.08. The van der Waals surface area contributed by atoms with Gasteiger partial charge in [-0.2, -0.15) is 0 Å². The minimum atomic E-state index is -3.20. The normalized spacial score (nSPS) is 11.6. The number of hydrogen-bond donors (Lipinski definition) is 0. The number of imidazole rings is 1. The van der Waals surface area contributed by atoms with Crippen molar-refractivity contribution in [1.82, 2.24) is 9.55 Å². The summed E-state index contributed by atoms with van der Waals surface area (Å²) in [5, 5.41) is 0.673. The highest BCUT2D eigenvalue weighted by atomic mass is 35.5. The Morgan fingerprint density at radius 1 is 1.00 bits per heavy atom. The lowest BCUT2D eigenvalue weighted by Crippen LogP contribution is -2.04. The molecule has 25 heavy (non-hydrogen) atoms. The molecule has 0 unspecified atom stereocenters. The number of benzene rings is 2. The van der Waals surface area contributed by atoms with Crippen LogP contribution in [0.15, 0.2) is 59.6 Å². The van der Waals surface area contributed by atoms with Crippen LogP contribution in [0.2, 0.25) is 5.02 Å². The van der Waals surface area contributed by atoms with Gasteiger partial charge in [-0.15, -0.1) is 0 Å². The molecule has 0 atom stereocenters. The minimum absolute atomic E-state index is 0.0907. The second kappa shape index (κ2) is 7.02. The average Bonchev–Trinajstić information content (AvgIpc) is 3.07. The fraction of sp³-hybridized carbons (Fsp3) is 0.211. The number of aryl methyl sites for hydroxylation is 1. The van der Waals surface area contributed by atoms with E-state index in [-0.39, 0.29) is 5.75 Å². The van der Waals surface area contributed by atoms with Crippen molar-refractivity contribution in [1.29, 1.82) is 0 Å². The maximum absolute atomic E-state index is 12.0. The van der Waals surface area contributed by atoms with Gasteiger partial charge in [0.2, 0.25) is 0 Å². The maximum atomic E-state index is 12.0. The number of rotatable bonds is 5. The Morgan fingerprint density at radius 3 is 2.20 bits per heavy atom. The van der Waals surface area contributed by atoms with Gasteiger partial charge in [0.25, 0.3) is 0 Å². The van der Waals surface area contributed by atoms with Crippen molar-refractivity contribution in [2.75, 3.05) is 5.75 Å². The van der Waals surface area contributed by atoms with Crippen LogP contribution in [0.5, 0.6) is 0 Å². The fourth-order valence-corrected chi connectivity index (χ4v) is 3.59. The number of halogens is 1. The Hall–Kier alpha value is -2.11. The predicted octanol–water partition coefficient (Wildman–Crippen LogP) is 4.55. The first-order valence-electron chi connectivity index (χ1n) is 8.12. The molecule has 2 aromatic carbocycles. The molecule has 0 bridgehead atoms. The smallest absolute Gasteiger partial charge is 0.178 e. The Morgan fingerprint density at radius 2 is 1.64 bits per heavy atom. The molecule has 130 valence electrons. The zero-order chi connectivity index (χ0) is 18.0. The highest BCUT2D eigenvalue weighted by Crippen LogP contribution is 2.25. The van der Waals surface area contributed by atoms with Crippen LogP contribution in [0, 0.1) is 0 Å². The zero-order valence-electron chi connectivity index (χ0n) is 14.1. The van der Waals surface area contributed by atoms with Gasteiger partial charge in [-0.25, -0.2) is 13.4 Å². The molecule has 0 radical (unpaired) electrons. The number of aromatic nitrogens is 2. The topological polar surface area (TPSA) is 52.0 Å². The van der Waals surface area contributed by atoms with Gasteiger partial charge in [0.15, 0.2) is 9.84 Å². The summed E-state index contributed by atoms with van der Waals surface area (Å²) in [7, 11) is -3.20. The molecule has 3 rings (SSSR count). The van der Waals surface area contributed by atoms with E-state index in [2.05, 4.69) is 6.92 Å². The van der Waals surface area contributed by atoms with E-state index in [1.807, 2.05) is 47.2 Å². The molecule has 0 N–H and O–H groups in total. The van der Waals surface area contributed by atoms with Crippen molar-refractivity contribution in [3.63, 3.8) is 0 Å². The molecule has 0 fully saturated rings. The van der Waals surface area contributed by atoms with Crippen LogP contribution >= 0.6 is 11.6 Å². The number of nitrogens with zero attached hydrogens (tertiary/aromatic N) is 2. The van der Waals surface area contributed by atoms with E-state index in [9.17, 15) is 8.42 Å². The first-order valence-corrected chi connectivity index (χ1v) is 10.1. The summed E-state index contributed by atoms with van der Waals surface area (Å²) >= 11 is 5.98. The zero-order valence-corrected chi connectivity index (χ0v) is 15.7. The van der Waals surface area contributed by atoms with E-state index in [1.165, 1.54) is 0 Å². The molecule has 3 aromatic rings. The van der Waals surface area contributed by atoms with Crippen molar-refractivity contribution >= 4 is 21.4 Å². The Bertz CT molecular complexity index is 975. The molecule has 0 aliphatic rings. The number of sulfone groups is 1. The standard InChI is InChI=1S/C19H19ClN2O2S/c1-3-16-13-22(19(21-16)14-5-7-15(20)8-6-14)17-9-11-18(12-10-17)25(23,24)4-2/h5-13H,3-4H2,1-2H3. The molecular weight excluding hydrogens is 356 g/mol. The van der Waals surface area contributed by atoms with Gasteiger partial charge in [0, 0.05) is 22.5 Å². The monoisotopic (exact) mass is 374 g/mol. The lowest BCUT2D eigenvalue weighted by molar-refractivity contribution is 0.597. The van der Waals surface area contributed by atoms with E-state index in [4.69, 9.17) is 16.6 Å². The lowest BCUT2D eigenvalue weighted by atomic mass is 10.2. The number of hydrogen-bond acceptors (Lipinski definition) is 3. The third kappa shape index (κ3) is 3.62. The molecule has 0 saturated heterocycles. The molecule has 1 heterocycles. The van der Waals surface area contributed by atoms with Gasteiger partial charge in [-0.3, -0.25) is 4.57 Å². The summed E-state index contributed by atoms with van der Waals surface area (Å²) < 4.78 is 26.0. The van der Waals surface area contributed by atoms with Crippen molar-refractivity contribution < 1.29 is 8.42 Å². The van der Waals surface area contributed by atoms with E-state index in [0.29, 0.717) is 9.92 Å². The first kappa shape index (κ1) is 17.7. The Labute approximate surface area is 153 Å². The van der Waals surface area contributed by atoms with Crippen LogP contribution in [0.4, 0.5) is 0 Å². The summed E-state index contributed by atoms with van der Waals surface area (Å²) in [6, 6.07) is 14.4. The second-order valence-corrected chi connectivity index (χ2v) is 8.40. The summed E-state index contributed by atoms with van der Waals surface area (Å²) in [4.78, 5) is 5.03. The van der Waals surface area contributed by atoms with Crippen LogP contribution < -0.4 is 0 Å². The van der Waals surface area contributed by atoms with Crippen molar-refractivity contribution in [3.05, 3.63) is 65.4 Å². The van der Waals surface area contributed by atoms with Crippen LogP contribution in [-0.2, 0) is 16.3 Å². The van der Waals surface area contributed by atoms with Gasteiger partial charge in [0.05, 0.1) is 16.3 Å². The second-order valence-electron chi connectivity index (χ2n) is 5.68. The molecular formula is C19H19ClN2O2S. The molecule has 0 aliphatic heterocycles. The SMILES string of the molecule is CCc1cn(-c2ccc(S(=O)(=O)CC)cc2)c(-c2ccc(Cl)cc2)n1. The van der Waals surface area contributed by atoms with E-state index < -0.39 is 9.84 Å². The van der Waals surface area contributed by atoms with Crippen LogP contribution in [0.3, 0.4) is 0 Å². The predicted molar refractivity (Wildman–Crippen MR) is 101 cm³/mol. The minimum Gasteiger partial charge on any atom is -0.300 e. The largest absolute Gasteiger partial charge is 0.300 e. The Kier molecular flexibility index (Phi) is 4.97. The first-order chi connectivity index (χ1) is 11.9. The van der Waals surface area contributed by atoms with Crippen LogP contribution in [0.25, 0.3) is 17.1 Å². The van der Waals surface area contributed by atoms with Crippen molar-refractivity contribution in [3.8, 4) is 17.1 Å². The summed E-state index contributed by atoms with van der Waals surface area (Å²) in [6.45, 7) is 3.69. The molecule has 6 heteroatoms. The summed E-state index contributed by atoms with van der Waals surface area (Å²) in [5.41, 5.74) is 2.79. The third-order valence-electron chi connectivity index (χ3n) is 4.07. The van der Waals surface area contributed by atoms with E-state index in [0.717, 1.165) is 29.2 Å². The highest BCUT2D eigenvalue weighted by Gasteiger charge is 2.14. The molecule has 0 spiro atoms. The van der Waals surface area contributed by atoms with Gasteiger partial charge < -0.3 is 0 Å². The third-order valence-corrected chi connectivity index (χ3v) is 6.08. The molecule has 0 aliphatic carbocycles. The van der Waals surface area contributed by atoms with Crippen molar-refractivity contribution in [2.24, 2.45) is 0 Å². The molecule has 4 nitrogen and oxygen atoms in total. The van der Waals surface area contributed by atoms with Crippen molar-refractivity contribution in [2.45, 2.75) is 25.2 Å². The fourth-order valence-electron chi connectivity index (χ4n) is 2.58. The molecule has 0 saturated carbocycles. The van der Waals surface area contributed by atoms with Gasteiger partial charge >= 0.3 is 0 Å². The van der Waals surface area contributed by atoms with Gasteiger partial charge in [-0.05, 0) is 55.0 Å². The molecule has 0 amide bonds. The maximum Gasteiger partial charge on any atom is 0.178 e. The van der Waals surface area contributed by atoms with Crippen LogP contribution in [-0.4, -0.2) is 23.7 Å². The lowest BCUT2D eigenvalue weighted by Gasteiger charge is -2.09. The van der Waals surface area contributed by atoms with Crippen LogP contribution in [0.1, 0.15) is 19.5 Å². The highest BCUT2D eigenvalue weighted by molar-refractivity contribution is 7.91. The van der Waals surface area contributed by atoms with E-state index >= 15 is 0 Å². The van der Waals surface area contributed by atoms with Gasteiger partial charge in [0.1, 0.15) is 5.82 Å². The molecule has 1 aromatic heterocycles. The van der Waals surface area contributed by atoms with E-state index in [1.54, 1.807) is 19.1 Å².